The Morgan fingerprint density at radius 3 is 1.25 bits per heavy atom. The molecule has 5 aromatic heterocycles. The number of nitrogens with two attached hydrogens (primary N) is 1. The fourth-order valence-electron chi connectivity index (χ4n) is 6.72. The number of ether oxygens (including phenoxy) is 3. The minimum absolute atomic E-state index is 0.0274. The van der Waals surface area contributed by atoms with Crippen molar-refractivity contribution in [2.45, 2.75) is 0 Å². The number of hydrogen-bond donors (Lipinski definition) is 3. The molecule has 0 aliphatic heterocycles. The topological polar surface area (TPSA) is 205 Å². The molecular weight excluding hydrogens is 937 g/mol. The van der Waals surface area contributed by atoms with Gasteiger partial charge in [0.25, 0.3) is 0 Å². The number of nitrogen functional groups attached to an aromatic ring is 1. The summed E-state index contributed by atoms with van der Waals surface area (Å²) in [6.07, 6.45) is 4.00. The molecule has 0 aliphatic rings. The number of aromatic amines is 2. The van der Waals surface area contributed by atoms with Gasteiger partial charge in [-0.1, -0.05) is 89.4 Å². The van der Waals surface area contributed by atoms with Crippen molar-refractivity contribution in [3.05, 3.63) is 209 Å². The number of carbonyl (C=O) groups excluding carboxylic acids is 1. The number of hydrogen-bond acceptors (Lipinski definition) is 13. The molecule has 0 bridgehead atoms. The van der Waals surface area contributed by atoms with E-state index in [0.717, 1.165) is 50.9 Å². The van der Waals surface area contributed by atoms with Crippen molar-refractivity contribution < 1.29 is 19.0 Å². The number of aromatic nitrogens is 10. The van der Waals surface area contributed by atoms with Crippen LogP contribution in [0.3, 0.4) is 0 Å². The van der Waals surface area contributed by atoms with Gasteiger partial charge in [-0.3, -0.25) is 15.0 Å². The predicted octanol–water partition coefficient (Wildman–Crippen LogP) is 12.7. The van der Waals surface area contributed by atoms with Crippen LogP contribution in [0.4, 0.5) is 5.82 Å². The van der Waals surface area contributed by atoms with Gasteiger partial charge in [0.05, 0.1) is 27.7 Å². The van der Waals surface area contributed by atoms with Gasteiger partial charge in [0, 0.05) is 16.7 Å². The first-order valence-electron chi connectivity index (χ1n) is 20.8. The lowest BCUT2D eigenvalue weighted by Crippen LogP contribution is -2.05. The number of ketones is 1. The Labute approximate surface area is 407 Å². The Hall–Kier alpha value is -8.76. The zero-order chi connectivity index (χ0) is 47.5. The van der Waals surface area contributed by atoms with Crippen LogP contribution in [0.5, 0.6) is 34.5 Å². The van der Waals surface area contributed by atoms with Crippen molar-refractivity contribution in [3.8, 4) is 57.0 Å². The van der Waals surface area contributed by atoms with Crippen LogP contribution in [-0.2, 0) is 0 Å². The number of nitrogens with one attached hydrogen (secondary N) is 2. The maximum Gasteiger partial charge on any atom is 0.199 e. The Morgan fingerprint density at radius 2 is 0.783 bits per heavy atom. The van der Waals surface area contributed by atoms with Crippen LogP contribution in [0.15, 0.2) is 183 Å². The lowest BCUT2D eigenvalue weighted by atomic mass is 10.1. The number of para-hydroxylation sites is 3. The summed E-state index contributed by atoms with van der Waals surface area (Å²) >= 11 is 18.0. The first kappa shape index (κ1) is 45.4. The van der Waals surface area contributed by atoms with Gasteiger partial charge >= 0.3 is 0 Å². The molecule has 0 spiro atoms. The zero-order valence-corrected chi connectivity index (χ0v) is 38.0. The van der Waals surface area contributed by atoms with Crippen molar-refractivity contribution in [1.82, 2.24) is 50.3 Å². The van der Waals surface area contributed by atoms with E-state index in [9.17, 15) is 4.79 Å². The first-order chi connectivity index (χ1) is 33.8. The number of fused-ring (bicyclic) bond motifs is 2. The average molecular weight is 971 g/mol. The number of benzene rings is 6. The largest absolute Gasteiger partial charge is 0.457 e. The molecule has 0 amide bonds. The lowest BCUT2D eigenvalue weighted by molar-refractivity contribution is 0.103. The highest BCUT2D eigenvalue weighted by Gasteiger charge is 2.19. The molecular formula is C51H34Cl3N11O4. The zero-order valence-electron chi connectivity index (χ0n) is 35.7. The summed E-state index contributed by atoms with van der Waals surface area (Å²) in [5.74, 6) is 4.51. The van der Waals surface area contributed by atoms with Gasteiger partial charge in [-0.2, -0.15) is 10.2 Å². The number of nitrogens with zero attached hydrogens (tertiary/aromatic N) is 8. The van der Waals surface area contributed by atoms with Crippen LogP contribution in [0.1, 0.15) is 15.9 Å². The highest BCUT2D eigenvalue weighted by atomic mass is 35.5. The summed E-state index contributed by atoms with van der Waals surface area (Å²) in [7, 11) is 0. The SMILES string of the molecule is Clc1ncnc2n[nH]c(-c3ccc(Oc4ccccc4)cc3)c12.Nc1ncnc2n[nH]c(-c3ccc(Oc4ccccc4)cc3)c12.O=C(c1ccc(Oc2ccccc2)cc1)c1c(Cl)ncnc1Cl. The van der Waals surface area contributed by atoms with E-state index in [1.54, 1.807) is 24.3 Å². The molecule has 0 fully saturated rings. The van der Waals surface area contributed by atoms with E-state index in [-0.39, 0.29) is 21.7 Å². The molecule has 6 aromatic carbocycles. The minimum atomic E-state index is -0.341. The molecule has 338 valence electrons. The number of carbonyl (C=O) groups is 1. The van der Waals surface area contributed by atoms with Gasteiger partial charge in [0.1, 0.15) is 74.8 Å². The highest BCUT2D eigenvalue weighted by Crippen LogP contribution is 2.33. The lowest BCUT2D eigenvalue weighted by Gasteiger charge is -2.07. The van der Waals surface area contributed by atoms with Gasteiger partial charge in [-0.25, -0.2) is 29.9 Å². The summed E-state index contributed by atoms with van der Waals surface area (Å²) in [4.78, 5) is 36.3. The minimum Gasteiger partial charge on any atom is -0.457 e. The van der Waals surface area contributed by atoms with E-state index in [2.05, 4.69) is 50.3 Å². The fraction of sp³-hybridized carbons (Fsp3) is 0. The Morgan fingerprint density at radius 1 is 0.420 bits per heavy atom. The summed E-state index contributed by atoms with van der Waals surface area (Å²) in [5.41, 5.74) is 11.0. The average Bonchev–Trinajstić information content (AvgIpc) is 4.03. The smallest absolute Gasteiger partial charge is 0.199 e. The van der Waals surface area contributed by atoms with E-state index < -0.39 is 0 Å². The molecule has 0 unspecified atom stereocenters. The third-order valence-electron chi connectivity index (χ3n) is 10.0. The summed E-state index contributed by atoms with van der Waals surface area (Å²) in [6.45, 7) is 0. The van der Waals surface area contributed by atoms with Crippen LogP contribution in [0.2, 0.25) is 15.5 Å². The van der Waals surface area contributed by atoms with E-state index in [4.69, 9.17) is 54.7 Å². The van der Waals surface area contributed by atoms with Crippen LogP contribution in [0.25, 0.3) is 44.6 Å². The summed E-state index contributed by atoms with van der Waals surface area (Å²) in [5, 5.41) is 16.1. The Kier molecular flexibility index (Phi) is 14.0. The van der Waals surface area contributed by atoms with Crippen LogP contribution in [-0.4, -0.2) is 56.1 Å². The highest BCUT2D eigenvalue weighted by molar-refractivity contribution is 6.39. The predicted molar refractivity (Wildman–Crippen MR) is 265 cm³/mol. The van der Waals surface area contributed by atoms with Crippen molar-refractivity contribution in [2.75, 3.05) is 5.73 Å². The van der Waals surface area contributed by atoms with E-state index >= 15 is 0 Å². The van der Waals surface area contributed by atoms with Gasteiger partial charge in [0.15, 0.2) is 17.1 Å². The van der Waals surface area contributed by atoms with Gasteiger partial charge in [-0.05, 0) is 109 Å². The van der Waals surface area contributed by atoms with Crippen molar-refractivity contribution in [1.29, 1.82) is 0 Å². The summed E-state index contributed by atoms with van der Waals surface area (Å²) < 4.78 is 17.3. The molecule has 69 heavy (non-hydrogen) atoms. The maximum atomic E-state index is 12.5. The molecule has 18 heteroatoms. The third kappa shape index (κ3) is 10.9. The number of rotatable bonds is 10. The monoisotopic (exact) mass is 969 g/mol. The molecule has 5 heterocycles. The van der Waals surface area contributed by atoms with Crippen LogP contribution < -0.4 is 19.9 Å². The Bertz CT molecular complexity index is 3300. The van der Waals surface area contributed by atoms with E-state index in [0.29, 0.717) is 44.7 Å². The third-order valence-corrected chi connectivity index (χ3v) is 10.9. The molecule has 15 nitrogen and oxygen atoms in total. The van der Waals surface area contributed by atoms with E-state index in [1.807, 2.05) is 140 Å². The number of anilines is 1. The van der Waals surface area contributed by atoms with Gasteiger partial charge in [-0.15, -0.1) is 0 Å². The van der Waals surface area contributed by atoms with Gasteiger partial charge < -0.3 is 19.9 Å². The normalized spacial score (nSPS) is 10.7. The van der Waals surface area contributed by atoms with Gasteiger partial charge in [0.2, 0.25) is 0 Å². The second kappa shape index (κ2) is 21.3. The number of H-pyrrole nitrogens is 2. The molecule has 4 N–H and O–H groups in total. The second-order valence-corrected chi connectivity index (χ2v) is 15.6. The molecule has 0 saturated carbocycles. The molecule has 0 radical (unpaired) electrons. The molecule has 11 aromatic rings. The van der Waals surface area contributed by atoms with Crippen molar-refractivity contribution in [3.63, 3.8) is 0 Å². The molecule has 0 atom stereocenters. The number of halogens is 3. The molecule has 0 aliphatic carbocycles. The van der Waals surface area contributed by atoms with Crippen molar-refractivity contribution >= 4 is 68.5 Å². The summed E-state index contributed by atoms with van der Waals surface area (Å²) in [6, 6.07) is 50.7. The fourth-order valence-corrected chi connectivity index (χ4v) is 7.43. The molecule has 0 saturated heterocycles. The van der Waals surface area contributed by atoms with E-state index in [1.165, 1.54) is 19.0 Å². The maximum absolute atomic E-state index is 12.5. The quantitative estimate of drug-likeness (QED) is 0.0862. The first-order valence-corrected chi connectivity index (χ1v) is 21.9. The van der Waals surface area contributed by atoms with Crippen molar-refractivity contribution in [2.24, 2.45) is 0 Å². The standard InChI is InChI=1S/C17H10Cl2N2O2.C17H11ClN4O.C17H13N5O/c18-16-14(17(19)21-10-20-16)15(22)11-6-8-13(9-7-11)23-12-4-2-1-3-5-12;2*18-16-14-15(21-22-17(14)20-10-19-16)11-6-8-13(9-7-11)23-12-4-2-1-3-5-12/h1-10H;1-10H,(H,19,20,21,22);1-10H,(H3,18,19,20,21,22). The Balaban J connectivity index is 0.000000129. The molecule has 11 rings (SSSR count). The van der Waals surface area contributed by atoms with Crippen LogP contribution in [0, 0.1) is 0 Å². The van der Waals surface area contributed by atoms with Crippen LogP contribution >= 0.6 is 34.8 Å². The second-order valence-electron chi connectivity index (χ2n) is 14.5.